The molecule has 0 aliphatic rings. The first-order valence-electron chi connectivity index (χ1n) is 8.31. The minimum Gasteiger partial charge on any atom is -0.267 e. The summed E-state index contributed by atoms with van der Waals surface area (Å²) in [4.78, 5) is 17.1. The predicted molar refractivity (Wildman–Crippen MR) is 115 cm³/mol. The Morgan fingerprint density at radius 1 is 1.00 bits per heavy atom. The maximum atomic E-state index is 13.6. The summed E-state index contributed by atoms with van der Waals surface area (Å²) in [5.74, 6) is -0.367. The van der Waals surface area contributed by atoms with Crippen LogP contribution in [0.3, 0.4) is 0 Å². The van der Waals surface area contributed by atoms with Gasteiger partial charge in [-0.1, -0.05) is 52.6 Å². The maximum absolute atomic E-state index is 13.6. The zero-order valence-corrected chi connectivity index (χ0v) is 17.9. The monoisotopic (exact) mass is 465 g/mol. The van der Waals surface area contributed by atoms with Crippen LogP contribution in [0.1, 0.15) is 5.56 Å². The molecule has 0 saturated heterocycles. The lowest BCUT2D eigenvalue weighted by atomic mass is 10.1. The number of aromatic nitrogens is 3. The van der Waals surface area contributed by atoms with Crippen LogP contribution in [0.4, 0.5) is 4.39 Å². The number of aryl methyl sites for hydroxylation is 1. The van der Waals surface area contributed by atoms with Crippen LogP contribution in [-0.4, -0.2) is 14.6 Å². The number of rotatable bonds is 3. The molecule has 2 aromatic carbocycles. The van der Waals surface area contributed by atoms with E-state index in [4.69, 9.17) is 34.8 Å². The van der Waals surface area contributed by atoms with Gasteiger partial charge in [0.15, 0.2) is 0 Å². The minimum atomic E-state index is -0.459. The van der Waals surface area contributed by atoms with Gasteiger partial charge in [0.25, 0.3) is 5.56 Å². The van der Waals surface area contributed by atoms with E-state index in [1.165, 1.54) is 28.7 Å². The Kier molecular flexibility index (Phi) is 5.53. The summed E-state index contributed by atoms with van der Waals surface area (Å²) in [7, 11) is 0. The Labute approximate surface area is 184 Å². The highest BCUT2D eigenvalue weighted by molar-refractivity contribution is 7.99. The van der Waals surface area contributed by atoms with Crippen LogP contribution in [0.15, 0.2) is 63.5 Å². The second kappa shape index (κ2) is 7.95. The fourth-order valence-electron chi connectivity index (χ4n) is 2.83. The smallest absolute Gasteiger partial charge is 0.267 e. The third kappa shape index (κ3) is 3.85. The van der Waals surface area contributed by atoms with Crippen LogP contribution >= 0.6 is 46.6 Å². The molecule has 2 heterocycles. The van der Waals surface area contributed by atoms with Gasteiger partial charge in [-0.2, -0.15) is 10.1 Å². The Balaban J connectivity index is 1.84. The summed E-state index contributed by atoms with van der Waals surface area (Å²) in [6.07, 6.45) is 1.33. The van der Waals surface area contributed by atoms with Crippen LogP contribution in [0, 0.1) is 12.7 Å². The molecule has 0 amide bonds. The molecule has 0 unspecified atom stereocenters. The topological polar surface area (TPSA) is 47.3 Å². The van der Waals surface area contributed by atoms with Gasteiger partial charge in [0.2, 0.25) is 0 Å². The summed E-state index contributed by atoms with van der Waals surface area (Å²) in [6.45, 7) is 1.66. The summed E-state index contributed by atoms with van der Waals surface area (Å²) < 4.78 is 15.1. The number of halogens is 4. The second-order valence-corrected chi connectivity index (χ2v) is 8.44. The second-order valence-electron chi connectivity index (χ2n) is 6.16. The van der Waals surface area contributed by atoms with Crippen LogP contribution in [-0.2, 0) is 0 Å². The highest BCUT2D eigenvalue weighted by Crippen LogP contribution is 2.36. The molecule has 0 aliphatic heterocycles. The molecule has 0 N–H and O–H groups in total. The molecular formula is C20H11Cl3FN3OS. The molecule has 146 valence electrons. The Hall–Kier alpha value is -2.12. The largest absolute Gasteiger partial charge is 0.281 e. The van der Waals surface area contributed by atoms with Gasteiger partial charge in [-0.3, -0.25) is 4.79 Å². The van der Waals surface area contributed by atoms with E-state index >= 15 is 0 Å². The van der Waals surface area contributed by atoms with Crippen LogP contribution in [0.5, 0.6) is 0 Å². The van der Waals surface area contributed by atoms with Crippen LogP contribution in [0.25, 0.3) is 16.6 Å². The average molecular weight is 467 g/mol. The first-order valence-corrected chi connectivity index (χ1v) is 10.3. The first-order chi connectivity index (χ1) is 13.8. The quantitative estimate of drug-likeness (QED) is 0.355. The van der Waals surface area contributed by atoms with Crippen molar-refractivity contribution in [3.63, 3.8) is 0 Å². The van der Waals surface area contributed by atoms with Crippen molar-refractivity contribution in [3.05, 3.63) is 85.6 Å². The molecule has 0 aliphatic carbocycles. The molecule has 2 aromatic heterocycles. The molecule has 0 bridgehead atoms. The van der Waals surface area contributed by atoms with Crippen molar-refractivity contribution in [3.8, 4) is 11.1 Å². The Morgan fingerprint density at radius 2 is 1.72 bits per heavy atom. The minimum absolute atomic E-state index is 0.266. The standard InChI is InChI=1S/C20H11Cl3FN3OS/c1-10-7-16(13(23)8-14(10)24)29-17-6-5-15-19(20(28)25-9-27(15)26-17)18-11(21)3-2-4-12(18)22/h2-9H,1H3. The highest BCUT2D eigenvalue weighted by atomic mass is 35.5. The number of nitrogens with zero attached hydrogens (tertiary/aromatic N) is 3. The third-order valence-corrected chi connectivity index (χ3v) is 6.27. The lowest BCUT2D eigenvalue weighted by molar-refractivity contribution is 0.617. The Morgan fingerprint density at radius 3 is 2.45 bits per heavy atom. The van der Waals surface area contributed by atoms with Crippen LogP contribution < -0.4 is 5.56 Å². The van der Waals surface area contributed by atoms with E-state index in [9.17, 15) is 9.18 Å². The Bertz CT molecular complexity index is 1310. The number of benzene rings is 2. The van der Waals surface area contributed by atoms with E-state index in [1.807, 2.05) is 0 Å². The van der Waals surface area contributed by atoms with Crippen LogP contribution in [0.2, 0.25) is 15.1 Å². The fraction of sp³-hybridized carbons (Fsp3) is 0.0500. The van der Waals surface area contributed by atoms with Crippen molar-refractivity contribution >= 4 is 52.1 Å². The van der Waals surface area contributed by atoms with Crippen molar-refractivity contribution < 1.29 is 4.39 Å². The summed E-state index contributed by atoms with van der Waals surface area (Å²) in [6, 6.07) is 11.4. The van der Waals surface area contributed by atoms with Gasteiger partial charge in [-0.05, 0) is 48.9 Å². The third-order valence-electron chi connectivity index (χ3n) is 4.23. The number of hydrogen-bond acceptors (Lipinski definition) is 4. The van der Waals surface area contributed by atoms with Gasteiger partial charge in [-0.25, -0.2) is 8.91 Å². The van der Waals surface area contributed by atoms with Gasteiger partial charge in [0, 0.05) is 10.5 Å². The molecule has 0 saturated carbocycles. The molecule has 0 radical (unpaired) electrons. The first kappa shape index (κ1) is 20.2. The lowest BCUT2D eigenvalue weighted by Crippen LogP contribution is -2.14. The maximum Gasteiger partial charge on any atom is 0.281 e. The van der Waals surface area contributed by atoms with Gasteiger partial charge in [-0.15, -0.1) is 0 Å². The van der Waals surface area contributed by atoms with Gasteiger partial charge in [0.05, 0.1) is 26.1 Å². The molecule has 0 spiro atoms. The lowest BCUT2D eigenvalue weighted by Gasteiger charge is -2.11. The summed E-state index contributed by atoms with van der Waals surface area (Å²) >= 11 is 20.0. The van der Waals surface area contributed by atoms with Crippen molar-refractivity contribution in [1.82, 2.24) is 14.6 Å². The number of hydrogen-bond donors (Lipinski definition) is 0. The zero-order chi connectivity index (χ0) is 20.7. The van der Waals surface area contributed by atoms with E-state index < -0.39 is 5.56 Å². The van der Waals surface area contributed by atoms with Gasteiger partial charge in [0.1, 0.15) is 17.2 Å². The molecule has 29 heavy (non-hydrogen) atoms. The van der Waals surface area contributed by atoms with Gasteiger partial charge >= 0.3 is 0 Å². The highest BCUT2D eigenvalue weighted by Gasteiger charge is 2.17. The van der Waals surface area contributed by atoms with Crippen molar-refractivity contribution in [2.24, 2.45) is 0 Å². The van der Waals surface area contributed by atoms with E-state index in [1.54, 1.807) is 43.3 Å². The molecule has 4 nitrogen and oxygen atoms in total. The average Bonchev–Trinajstić information content (AvgIpc) is 2.67. The van der Waals surface area contributed by atoms with Crippen molar-refractivity contribution in [2.75, 3.05) is 0 Å². The zero-order valence-electron chi connectivity index (χ0n) is 14.8. The van der Waals surface area contributed by atoms with Gasteiger partial charge < -0.3 is 0 Å². The van der Waals surface area contributed by atoms with E-state index in [0.717, 1.165) is 0 Å². The molecule has 0 atom stereocenters. The van der Waals surface area contributed by atoms with E-state index in [0.29, 0.717) is 41.6 Å². The summed E-state index contributed by atoms with van der Waals surface area (Å²) in [5, 5.41) is 6.06. The number of fused-ring (bicyclic) bond motifs is 1. The van der Waals surface area contributed by atoms with E-state index in [2.05, 4.69) is 10.1 Å². The fourth-order valence-corrected chi connectivity index (χ4v) is 4.57. The predicted octanol–water partition coefficient (Wildman–Crippen LogP) is 6.32. The van der Waals surface area contributed by atoms with E-state index in [-0.39, 0.29) is 11.4 Å². The molecular weight excluding hydrogens is 456 g/mol. The normalized spacial score (nSPS) is 11.2. The molecule has 9 heteroatoms. The molecule has 4 aromatic rings. The SMILES string of the molecule is Cc1cc(Sc2ccc3c(-c4c(Cl)cccc4Cl)c(=O)ncn3n2)c(Cl)cc1F. The molecule has 0 fully saturated rings. The van der Waals surface area contributed by atoms with Crippen molar-refractivity contribution in [1.29, 1.82) is 0 Å². The van der Waals surface area contributed by atoms with Crippen molar-refractivity contribution in [2.45, 2.75) is 16.8 Å². The summed E-state index contributed by atoms with van der Waals surface area (Å²) in [5.41, 5.74) is 1.21. The molecule has 4 rings (SSSR count).